The summed E-state index contributed by atoms with van der Waals surface area (Å²) in [6.07, 6.45) is 1.02. The van der Waals surface area contributed by atoms with Crippen molar-refractivity contribution >= 4 is 0 Å². The van der Waals surface area contributed by atoms with E-state index in [0.717, 1.165) is 6.07 Å². The SMILES string of the molecule is COc1c(C2(O)CC2)cc(F)c(F)c1OC. The quantitative estimate of drug-likeness (QED) is 0.862. The highest BCUT2D eigenvalue weighted by atomic mass is 19.2. The van der Waals surface area contributed by atoms with Crippen LogP contribution in [-0.2, 0) is 5.60 Å². The molecule has 0 bridgehead atoms. The van der Waals surface area contributed by atoms with Crippen LogP contribution in [0.3, 0.4) is 0 Å². The molecule has 88 valence electrons. The van der Waals surface area contributed by atoms with Crippen molar-refractivity contribution in [2.45, 2.75) is 18.4 Å². The number of aliphatic hydroxyl groups is 1. The maximum absolute atomic E-state index is 13.4. The van der Waals surface area contributed by atoms with Gasteiger partial charge in [0.2, 0.25) is 5.82 Å². The van der Waals surface area contributed by atoms with E-state index in [2.05, 4.69) is 0 Å². The minimum absolute atomic E-state index is 0.0569. The van der Waals surface area contributed by atoms with Crippen LogP contribution in [0.5, 0.6) is 11.5 Å². The summed E-state index contributed by atoms with van der Waals surface area (Å²) in [5.74, 6) is -2.40. The van der Waals surface area contributed by atoms with Gasteiger partial charge in [0.05, 0.1) is 19.8 Å². The summed E-state index contributed by atoms with van der Waals surface area (Å²) < 4.78 is 36.4. The molecule has 1 N–H and O–H groups in total. The average Bonchev–Trinajstić information content (AvgIpc) is 3.00. The first-order chi connectivity index (χ1) is 7.53. The molecule has 0 unspecified atom stereocenters. The molecule has 1 aliphatic rings. The van der Waals surface area contributed by atoms with E-state index in [9.17, 15) is 13.9 Å². The fraction of sp³-hybridized carbons (Fsp3) is 0.455. The van der Waals surface area contributed by atoms with Crippen LogP contribution in [0.2, 0.25) is 0 Å². The van der Waals surface area contributed by atoms with E-state index in [-0.39, 0.29) is 17.1 Å². The van der Waals surface area contributed by atoms with Gasteiger partial charge in [-0.3, -0.25) is 0 Å². The fourth-order valence-corrected chi connectivity index (χ4v) is 1.70. The zero-order valence-corrected chi connectivity index (χ0v) is 9.01. The van der Waals surface area contributed by atoms with Gasteiger partial charge in [-0.2, -0.15) is 4.39 Å². The molecule has 0 atom stereocenters. The molecule has 3 nitrogen and oxygen atoms in total. The second kappa shape index (κ2) is 3.59. The Morgan fingerprint density at radius 1 is 1.19 bits per heavy atom. The van der Waals surface area contributed by atoms with Crippen LogP contribution in [0.25, 0.3) is 0 Å². The van der Waals surface area contributed by atoms with Gasteiger partial charge in [-0.1, -0.05) is 0 Å². The lowest BCUT2D eigenvalue weighted by Gasteiger charge is -2.17. The Kier molecular flexibility index (Phi) is 2.50. The highest BCUT2D eigenvalue weighted by molar-refractivity contribution is 5.52. The van der Waals surface area contributed by atoms with Crippen molar-refractivity contribution in [1.29, 1.82) is 0 Å². The third-order valence-corrected chi connectivity index (χ3v) is 2.76. The first-order valence-corrected chi connectivity index (χ1v) is 4.86. The van der Waals surface area contributed by atoms with Gasteiger partial charge in [0, 0.05) is 5.56 Å². The third-order valence-electron chi connectivity index (χ3n) is 2.76. The van der Waals surface area contributed by atoms with Crippen molar-refractivity contribution in [2.75, 3.05) is 14.2 Å². The number of halogens is 2. The van der Waals surface area contributed by atoms with Crippen LogP contribution in [0.15, 0.2) is 6.07 Å². The molecule has 1 aromatic rings. The van der Waals surface area contributed by atoms with Gasteiger partial charge in [0.25, 0.3) is 0 Å². The largest absolute Gasteiger partial charge is 0.492 e. The van der Waals surface area contributed by atoms with E-state index < -0.39 is 17.2 Å². The first-order valence-electron chi connectivity index (χ1n) is 4.86. The summed E-state index contributed by atoms with van der Waals surface area (Å²) in [4.78, 5) is 0. The highest BCUT2D eigenvalue weighted by Crippen LogP contribution is 2.51. The minimum Gasteiger partial charge on any atom is -0.492 e. The van der Waals surface area contributed by atoms with Crippen LogP contribution >= 0.6 is 0 Å². The van der Waals surface area contributed by atoms with Gasteiger partial charge in [0.15, 0.2) is 17.3 Å². The summed E-state index contributed by atoms with van der Waals surface area (Å²) in [6.45, 7) is 0. The van der Waals surface area contributed by atoms with Crippen molar-refractivity contribution in [1.82, 2.24) is 0 Å². The lowest BCUT2D eigenvalue weighted by molar-refractivity contribution is 0.145. The number of methoxy groups -OCH3 is 2. The molecule has 0 aliphatic heterocycles. The Hall–Kier alpha value is -1.36. The molecule has 0 aromatic heterocycles. The Morgan fingerprint density at radius 3 is 2.19 bits per heavy atom. The topological polar surface area (TPSA) is 38.7 Å². The Balaban J connectivity index is 2.64. The molecule has 0 radical (unpaired) electrons. The second-order valence-electron chi connectivity index (χ2n) is 3.82. The number of hydrogen-bond acceptors (Lipinski definition) is 3. The zero-order chi connectivity index (χ0) is 11.9. The number of ether oxygens (including phenoxy) is 2. The summed E-state index contributed by atoms with van der Waals surface area (Å²) in [6, 6.07) is 0.962. The molecule has 0 saturated heterocycles. The van der Waals surface area contributed by atoms with E-state index in [0.29, 0.717) is 12.8 Å². The van der Waals surface area contributed by atoms with E-state index in [1.165, 1.54) is 14.2 Å². The van der Waals surface area contributed by atoms with Gasteiger partial charge in [-0.05, 0) is 18.9 Å². The molecule has 0 amide bonds. The maximum Gasteiger partial charge on any atom is 0.204 e. The molecule has 1 aliphatic carbocycles. The molecule has 1 aromatic carbocycles. The minimum atomic E-state index is -1.10. The van der Waals surface area contributed by atoms with Crippen molar-refractivity contribution in [3.8, 4) is 11.5 Å². The summed E-state index contributed by atoms with van der Waals surface area (Å²) in [7, 11) is 2.55. The molecule has 0 spiro atoms. The van der Waals surface area contributed by atoms with Crippen LogP contribution in [0, 0.1) is 11.6 Å². The Morgan fingerprint density at radius 2 is 1.75 bits per heavy atom. The monoisotopic (exact) mass is 230 g/mol. The summed E-state index contributed by atoms with van der Waals surface area (Å²) >= 11 is 0. The van der Waals surface area contributed by atoms with Gasteiger partial charge >= 0.3 is 0 Å². The van der Waals surface area contributed by atoms with E-state index in [1.807, 2.05) is 0 Å². The van der Waals surface area contributed by atoms with Gasteiger partial charge in [-0.15, -0.1) is 0 Å². The summed E-state index contributed by atoms with van der Waals surface area (Å²) in [5, 5.41) is 9.92. The molecular weight excluding hydrogens is 218 g/mol. The van der Waals surface area contributed by atoms with Crippen LogP contribution in [-0.4, -0.2) is 19.3 Å². The van der Waals surface area contributed by atoms with Crippen LogP contribution < -0.4 is 9.47 Å². The maximum atomic E-state index is 13.4. The zero-order valence-electron chi connectivity index (χ0n) is 9.01. The second-order valence-corrected chi connectivity index (χ2v) is 3.82. The lowest BCUT2D eigenvalue weighted by atomic mass is 10.1. The molecule has 16 heavy (non-hydrogen) atoms. The number of rotatable bonds is 3. The van der Waals surface area contributed by atoms with Crippen molar-refractivity contribution in [3.63, 3.8) is 0 Å². The smallest absolute Gasteiger partial charge is 0.204 e. The van der Waals surface area contributed by atoms with E-state index in [4.69, 9.17) is 9.47 Å². The summed E-state index contributed by atoms with van der Waals surface area (Å²) in [5.41, 5.74) is -0.863. The van der Waals surface area contributed by atoms with Gasteiger partial charge < -0.3 is 14.6 Å². The molecule has 1 saturated carbocycles. The van der Waals surface area contributed by atoms with E-state index >= 15 is 0 Å². The average molecular weight is 230 g/mol. The standard InChI is InChI=1S/C11H12F2O3/c1-15-9-6(11(14)3-4-11)5-7(12)8(13)10(9)16-2/h5,14H,3-4H2,1-2H3. The normalized spacial score (nSPS) is 17.1. The predicted molar refractivity (Wildman–Crippen MR) is 52.6 cm³/mol. The molecule has 2 rings (SSSR count). The lowest BCUT2D eigenvalue weighted by Crippen LogP contribution is -2.10. The van der Waals surface area contributed by atoms with Gasteiger partial charge in [-0.25, -0.2) is 4.39 Å². The first kappa shape index (κ1) is 11.1. The fourth-order valence-electron chi connectivity index (χ4n) is 1.70. The van der Waals surface area contributed by atoms with E-state index in [1.54, 1.807) is 0 Å². The molecule has 0 heterocycles. The Bertz CT molecular complexity index is 428. The number of benzene rings is 1. The molecule has 5 heteroatoms. The van der Waals surface area contributed by atoms with Gasteiger partial charge in [0.1, 0.15) is 0 Å². The Labute approximate surface area is 91.6 Å². The van der Waals surface area contributed by atoms with Crippen molar-refractivity contribution < 1.29 is 23.4 Å². The molecular formula is C11H12F2O3. The highest BCUT2D eigenvalue weighted by Gasteiger charge is 2.46. The third kappa shape index (κ3) is 1.51. The van der Waals surface area contributed by atoms with Crippen molar-refractivity contribution in [2.24, 2.45) is 0 Å². The van der Waals surface area contributed by atoms with Crippen LogP contribution in [0.4, 0.5) is 8.78 Å². The van der Waals surface area contributed by atoms with Crippen molar-refractivity contribution in [3.05, 3.63) is 23.3 Å². The number of hydrogen-bond donors (Lipinski definition) is 1. The predicted octanol–water partition coefficient (Wildman–Crippen LogP) is 1.96. The van der Waals surface area contributed by atoms with Crippen LogP contribution in [0.1, 0.15) is 18.4 Å². The molecule has 1 fully saturated rings.